The lowest BCUT2D eigenvalue weighted by Crippen LogP contribution is -2.30. The maximum Gasteiger partial charge on any atom is 0.416 e. The summed E-state index contributed by atoms with van der Waals surface area (Å²) in [5.74, 6) is 4.96. The molecule has 0 bridgehead atoms. The van der Waals surface area contributed by atoms with Crippen molar-refractivity contribution >= 4 is 11.9 Å². The zero-order chi connectivity index (χ0) is 18.0. The monoisotopic (exact) mass is 341 g/mol. The molecule has 24 heavy (non-hydrogen) atoms. The molecule has 8 heteroatoms. The molecule has 1 rings (SSSR count). The highest BCUT2D eigenvalue weighted by Crippen LogP contribution is 2.29. The van der Waals surface area contributed by atoms with Gasteiger partial charge in [-0.15, -0.1) is 0 Å². The van der Waals surface area contributed by atoms with E-state index in [1.807, 2.05) is 0 Å². The lowest BCUT2D eigenvalue weighted by Gasteiger charge is -2.05. The summed E-state index contributed by atoms with van der Waals surface area (Å²) in [6.07, 6.45) is -2.94. The Morgan fingerprint density at radius 2 is 1.92 bits per heavy atom. The van der Waals surface area contributed by atoms with Crippen LogP contribution in [0.25, 0.3) is 0 Å². The van der Waals surface area contributed by atoms with Crippen LogP contribution in [0.1, 0.15) is 30.4 Å². The van der Waals surface area contributed by atoms with E-state index in [1.165, 1.54) is 12.1 Å². The quantitative estimate of drug-likeness (QED) is 0.546. The van der Waals surface area contributed by atoms with Crippen LogP contribution in [0, 0.1) is 11.8 Å². The zero-order valence-corrected chi connectivity index (χ0v) is 12.9. The SMILES string of the molecule is NC(=O)NCCCCC(=O)NCC#Cc1cccc(C(F)(F)F)c1. The minimum atomic E-state index is -4.41. The fraction of sp³-hybridized carbons (Fsp3) is 0.375. The molecule has 3 amide bonds. The topological polar surface area (TPSA) is 84.2 Å². The molecule has 130 valence electrons. The Bertz CT molecular complexity index is 633. The molecule has 0 radical (unpaired) electrons. The number of hydrogen-bond donors (Lipinski definition) is 3. The summed E-state index contributed by atoms with van der Waals surface area (Å²) in [6.45, 7) is 0.451. The second-order valence-corrected chi connectivity index (χ2v) is 4.91. The Morgan fingerprint density at radius 1 is 1.17 bits per heavy atom. The van der Waals surface area contributed by atoms with Crippen LogP contribution in [0.15, 0.2) is 24.3 Å². The Kier molecular flexibility index (Phi) is 7.62. The van der Waals surface area contributed by atoms with Gasteiger partial charge in [0.25, 0.3) is 0 Å². The fourth-order valence-corrected chi connectivity index (χ4v) is 1.77. The average Bonchev–Trinajstić information content (AvgIpc) is 2.50. The van der Waals surface area contributed by atoms with Crippen molar-refractivity contribution in [2.75, 3.05) is 13.1 Å². The second-order valence-electron chi connectivity index (χ2n) is 4.91. The molecule has 0 aliphatic rings. The number of urea groups is 1. The number of hydrogen-bond acceptors (Lipinski definition) is 2. The van der Waals surface area contributed by atoms with E-state index in [-0.39, 0.29) is 24.4 Å². The number of nitrogens with one attached hydrogen (secondary N) is 2. The van der Waals surface area contributed by atoms with E-state index in [9.17, 15) is 22.8 Å². The molecule has 0 aromatic heterocycles. The minimum absolute atomic E-state index is 0.0502. The molecule has 0 spiro atoms. The van der Waals surface area contributed by atoms with Crippen molar-refractivity contribution in [1.82, 2.24) is 10.6 Å². The van der Waals surface area contributed by atoms with Crippen LogP contribution in [0.3, 0.4) is 0 Å². The summed E-state index contributed by atoms with van der Waals surface area (Å²) in [6, 6.07) is 4.08. The van der Waals surface area contributed by atoms with Crippen molar-refractivity contribution in [3.8, 4) is 11.8 Å². The molecule has 0 aliphatic heterocycles. The normalized spacial score (nSPS) is 10.5. The number of alkyl halides is 3. The molecule has 0 saturated carbocycles. The number of primary amides is 1. The molecule has 0 unspecified atom stereocenters. The van der Waals surface area contributed by atoms with Crippen molar-refractivity contribution in [2.24, 2.45) is 5.73 Å². The van der Waals surface area contributed by atoms with Crippen molar-refractivity contribution < 1.29 is 22.8 Å². The molecule has 0 heterocycles. The molecule has 0 fully saturated rings. The third kappa shape index (κ3) is 8.08. The molecule has 5 nitrogen and oxygen atoms in total. The summed E-state index contributed by atoms with van der Waals surface area (Å²) in [5, 5.41) is 4.96. The van der Waals surface area contributed by atoms with Gasteiger partial charge in [-0.3, -0.25) is 4.79 Å². The first-order chi connectivity index (χ1) is 11.3. The minimum Gasteiger partial charge on any atom is -0.352 e. The van der Waals surface area contributed by atoms with Crippen molar-refractivity contribution in [3.63, 3.8) is 0 Å². The average molecular weight is 341 g/mol. The van der Waals surface area contributed by atoms with Gasteiger partial charge in [0.2, 0.25) is 5.91 Å². The number of rotatable bonds is 6. The zero-order valence-electron chi connectivity index (χ0n) is 12.9. The number of carbonyl (C=O) groups is 2. The molecule has 0 saturated heterocycles. The molecule has 0 atom stereocenters. The summed E-state index contributed by atoms with van der Waals surface area (Å²) in [7, 11) is 0. The van der Waals surface area contributed by atoms with E-state index in [0.29, 0.717) is 19.4 Å². The summed E-state index contributed by atoms with van der Waals surface area (Å²) in [5.41, 5.74) is 4.36. The molecule has 1 aromatic rings. The van der Waals surface area contributed by atoms with Crippen LogP contribution in [-0.2, 0) is 11.0 Å². The molecule has 1 aromatic carbocycles. The summed E-state index contributed by atoms with van der Waals surface area (Å²) in [4.78, 5) is 21.9. The van der Waals surface area contributed by atoms with E-state index in [2.05, 4.69) is 22.5 Å². The van der Waals surface area contributed by atoms with Gasteiger partial charge in [-0.25, -0.2) is 4.79 Å². The van der Waals surface area contributed by atoms with Crippen LogP contribution >= 0.6 is 0 Å². The van der Waals surface area contributed by atoms with E-state index in [1.54, 1.807) is 0 Å². The fourth-order valence-electron chi connectivity index (χ4n) is 1.77. The highest BCUT2D eigenvalue weighted by Gasteiger charge is 2.30. The van der Waals surface area contributed by atoms with Gasteiger partial charge in [0.1, 0.15) is 0 Å². The number of carbonyl (C=O) groups excluding carboxylic acids is 2. The van der Waals surface area contributed by atoms with Crippen LogP contribution in [0.4, 0.5) is 18.0 Å². The number of halogens is 3. The predicted octanol–water partition coefficient (Wildman–Crippen LogP) is 2.01. The first kappa shape index (κ1) is 19.4. The molecular formula is C16H18F3N3O2. The smallest absolute Gasteiger partial charge is 0.352 e. The largest absolute Gasteiger partial charge is 0.416 e. The van der Waals surface area contributed by atoms with E-state index in [0.717, 1.165) is 12.1 Å². The Balaban J connectivity index is 2.32. The summed E-state index contributed by atoms with van der Waals surface area (Å²) >= 11 is 0. The predicted molar refractivity (Wildman–Crippen MR) is 82.8 cm³/mol. The molecule has 4 N–H and O–H groups in total. The van der Waals surface area contributed by atoms with Crippen LogP contribution in [-0.4, -0.2) is 25.0 Å². The van der Waals surface area contributed by atoms with Crippen LogP contribution in [0.2, 0.25) is 0 Å². The lowest BCUT2D eigenvalue weighted by molar-refractivity contribution is -0.137. The lowest BCUT2D eigenvalue weighted by atomic mass is 10.1. The Hall–Kier alpha value is -2.69. The maximum atomic E-state index is 12.5. The van der Waals surface area contributed by atoms with Gasteiger partial charge >= 0.3 is 12.2 Å². The first-order valence-electron chi connectivity index (χ1n) is 7.25. The standard InChI is InChI=1S/C16H18F3N3O2/c17-16(18,19)13-7-3-5-12(11-13)6-4-10-21-14(23)8-1-2-9-22-15(20)24/h3,5,7,11H,1-2,8-10H2,(H,21,23)(H3,20,22,24). The van der Waals surface area contributed by atoms with Gasteiger partial charge in [0, 0.05) is 18.5 Å². The summed E-state index contributed by atoms with van der Waals surface area (Å²) < 4.78 is 37.6. The van der Waals surface area contributed by atoms with Gasteiger partial charge in [-0.1, -0.05) is 17.9 Å². The van der Waals surface area contributed by atoms with Gasteiger partial charge in [0.15, 0.2) is 0 Å². The third-order valence-corrected chi connectivity index (χ3v) is 2.93. The first-order valence-corrected chi connectivity index (χ1v) is 7.25. The third-order valence-electron chi connectivity index (χ3n) is 2.93. The van der Waals surface area contributed by atoms with Gasteiger partial charge in [-0.05, 0) is 31.0 Å². The Morgan fingerprint density at radius 3 is 2.58 bits per heavy atom. The van der Waals surface area contributed by atoms with Crippen LogP contribution in [0.5, 0.6) is 0 Å². The van der Waals surface area contributed by atoms with E-state index >= 15 is 0 Å². The number of amides is 3. The maximum absolute atomic E-state index is 12.5. The van der Waals surface area contributed by atoms with Crippen molar-refractivity contribution in [2.45, 2.75) is 25.4 Å². The second kappa shape index (κ2) is 9.45. The number of unbranched alkanes of at least 4 members (excludes halogenated alkanes) is 1. The van der Waals surface area contributed by atoms with E-state index < -0.39 is 17.8 Å². The number of nitrogens with two attached hydrogens (primary N) is 1. The van der Waals surface area contributed by atoms with Gasteiger partial charge < -0.3 is 16.4 Å². The Labute approximate surface area is 137 Å². The van der Waals surface area contributed by atoms with Crippen molar-refractivity contribution in [1.29, 1.82) is 0 Å². The van der Waals surface area contributed by atoms with Gasteiger partial charge in [-0.2, -0.15) is 13.2 Å². The van der Waals surface area contributed by atoms with Crippen molar-refractivity contribution in [3.05, 3.63) is 35.4 Å². The van der Waals surface area contributed by atoms with E-state index in [4.69, 9.17) is 5.73 Å². The number of benzene rings is 1. The molecule has 0 aliphatic carbocycles. The van der Waals surface area contributed by atoms with Gasteiger partial charge in [0.05, 0.1) is 12.1 Å². The highest BCUT2D eigenvalue weighted by molar-refractivity contribution is 5.76. The highest BCUT2D eigenvalue weighted by atomic mass is 19.4. The molecular weight excluding hydrogens is 323 g/mol. The van der Waals surface area contributed by atoms with Crippen LogP contribution < -0.4 is 16.4 Å².